The van der Waals surface area contributed by atoms with Crippen LogP contribution in [0.4, 0.5) is 0 Å². The van der Waals surface area contributed by atoms with Gasteiger partial charge in [0.2, 0.25) is 5.76 Å². The third kappa shape index (κ3) is 4.42. The van der Waals surface area contributed by atoms with E-state index in [1.165, 1.54) is 37.9 Å². The fourth-order valence-corrected chi connectivity index (χ4v) is 2.88. The van der Waals surface area contributed by atoms with Gasteiger partial charge in [0.05, 0.1) is 5.69 Å². The highest BCUT2D eigenvalue weighted by Gasteiger charge is 2.12. The number of benzene rings is 1. The van der Waals surface area contributed by atoms with Crippen molar-refractivity contribution >= 4 is 5.91 Å². The van der Waals surface area contributed by atoms with Gasteiger partial charge in [-0.15, -0.1) is 0 Å². The molecule has 2 aromatic rings. The second-order valence-electron chi connectivity index (χ2n) is 6.17. The highest BCUT2D eigenvalue weighted by atomic mass is 16.5. The Hall–Kier alpha value is -2.14. The first kappa shape index (κ1) is 15.7. The van der Waals surface area contributed by atoms with Gasteiger partial charge < -0.3 is 9.84 Å². The fraction of sp³-hybridized carbons (Fsp3) is 0.444. The lowest BCUT2D eigenvalue weighted by Gasteiger charge is -2.26. The molecule has 3 rings (SSSR count). The minimum absolute atomic E-state index is 0.233. The highest BCUT2D eigenvalue weighted by Crippen LogP contribution is 2.13. The van der Waals surface area contributed by atoms with E-state index in [2.05, 4.69) is 39.6 Å². The van der Waals surface area contributed by atoms with Gasteiger partial charge in [0.25, 0.3) is 5.91 Å². The molecule has 0 radical (unpaired) electrons. The van der Waals surface area contributed by atoms with E-state index in [4.69, 9.17) is 4.52 Å². The van der Waals surface area contributed by atoms with Crippen molar-refractivity contribution in [2.75, 3.05) is 13.1 Å². The second-order valence-corrected chi connectivity index (χ2v) is 6.17. The monoisotopic (exact) mass is 313 g/mol. The largest absolute Gasteiger partial charge is 0.351 e. The van der Waals surface area contributed by atoms with E-state index < -0.39 is 0 Å². The minimum Gasteiger partial charge on any atom is -0.351 e. The maximum absolute atomic E-state index is 11.9. The van der Waals surface area contributed by atoms with Gasteiger partial charge in [-0.1, -0.05) is 35.8 Å². The standard InChI is InChI=1S/C18H23N3O2/c1-14-11-17(23-20-14)18(22)19-12-15-5-7-16(8-6-15)13-21-9-3-2-4-10-21/h5-8,11H,2-4,9-10,12-13H2,1H3,(H,19,22). The predicted molar refractivity (Wildman–Crippen MR) is 88.0 cm³/mol. The van der Waals surface area contributed by atoms with E-state index in [9.17, 15) is 4.79 Å². The molecule has 1 saturated heterocycles. The third-order valence-electron chi connectivity index (χ3n) is 4.18. The molecule has 0 aliphatic carbocycles. The Morgan fingerprint density at radius 3 is 2.52 bits per heavy atom. The molecule has 5 nitrogen and oxygen atoms in total. The molecule has 0 bridgehead atoms. The predicted octanol–water partition coefficient (Wildman–Crippen LogP) is 2.90. The van der Waals surface area contributed by atoms with Crippen LogP contribution in [0.25, 0.3) is 0 Å². The summed E-state index contributed by atoms with van der Waals surface area (Å²) in [5.41, 5.74) is 3.11. The van der Waals surface area contributed by atoms with Gasteiger partial charge in [-0.2, -0.15) is 0 Å². The summed E-state index contributed by atoms with van der Waals surface area (Å²) in [7, 11) is 0. The van der Waals surface area contributed by atoms with Gasteiger partial charge >= 0.3 is 0 Å². The van der Waals surface area contributed by atoms with Crippen LogP contribution >= 0.6 is 0 Å². The summed E-state index contributed by atoms with van der Waals surface area (Å²) < 4.78 is 4.95. The summed E-state index contributed by atoms with van der Waals surface area (Å²) in [4.78, 5) is 14.4. The van der Waals surface area contributed by atoms with Gasteiger partial charge in [-0.3, -0.25) is 9.69 Å². The quantitative estimate of drug-likeness (QED) is 0.922. The molecule has 5 heteroatoms. The van der Waals surface area contributed by atoms with Gasteiger partial charge in [0.1, 0.15) is 0 Å². The van der Waals surface area contributed by atoms with Gasteiger partial charge in [-0.05, 0) is 44.0 Å². The molecule has 0 saturated carbocycles. The zero-order valence-electron chi connectivity index (χ0n) is 13.5. The number of aryl methyl sites for hydroxylation is 1. The number of hydrogen-bond acceptors (Lipinski definition) is 4. The van der Waals surface area contributed by atoms with E-state index in [1.54, 1.807) is 13.0 Å². The van der Waals surface area contributed by atoms with E-state index in [0.29, 0.717) is 12.2 Å². The van der Waals surface area contributed by atoms with Gasteiger partial charge in [-0.25, -0.2) is 0 Å². The molecule has 2 heterocycles. The number of amides is 1. The Labute approximate surface area is 136 Å². The fourth-order valence-electron chi connectivity index (χ4n) is 2.88. The van der Waals surface area contributed by atoms with Crippen LogP contribution in [0.3, 0.4) is 0 Å². The number of piperidine rings is 1. The Kier molecular flexibility index (Phi) is 5.08. The molecule has 0 unspecified atom stereocenters. The Morgan fingerprint density at radius 2 is 1.87 bits per heavy atom. The molecule has 1 N–H and O–H groups in total. The van der Waals surface area contributed by atoms with E-state index in [1.807, 2.05) is 0 Å². The average molecular weight is 313 g/mol. The van der Waals surface area contributed by atoms with Gasteiger partial charge in [0.15, 0.2) is 0 Å². The number of nitrogens with zero attached hydrogens (tertiary/aromatic N) is 2. The van der Waals surface area contributed by atoms with E-state index in [0.717, 1.165) is 12.1 Å². The number of carbonyl (C=O) groups excluding carboxylic acids is 1. The summed E-state index contributed by atoms with van der Waals surface area (Å²) in [6.45, 7) is 5.71. The third-order valence-corrected chi connectivity index (χ3v) is 4.18. The topological polar surface area (TPSA) is 58.4 Å². The number of carbonyl (C=O) groups is 1. The smallest absolute Gasteiger partial charge is 0.290 e. The van der Waals surface area contributed by atoms with Crippen molar-refractivity contribution in [1.29, 1.82) is 0 Å². The number of nitrogens with one attached hydrogen (secondary N) is 1. The second kappa shape index (κ2) is 7.42. The number of aromatic nitrogens is 1. The van der Waals surface area contributed by atoms with Crippen LogP contribution in [0.1, 0.15) is 46.6 Å². The van der Waals surface area contributed by atoms with Crippen molar-refractivity contribution in [1.82, 2.24) is 15.4 Å². The Bertz CT molecular complexity index is 643. The highest BCUT2D eigenvalue weighted by molar-refractivity contribution is 5.91. The summed E-state index contributed by atoms with van der Waals surface area (Å²) >= 11 is 0. The van der Waals surface area contributed by atoms with Crippen LogP contribution in [0.5, 0.6) is 0 Å². The van der Waals surface area contributed by atoms with Crippen LogP contribution in [0, 0.1) is 6.92 Å². The summed E-state index contributed by atoms with van der Waals surface area (Å²) in [6.07, 6.45) is 3.98. The molecule has 1 aliphatic heterocycles. The summed E-state index contributed by atoms with van der Waals surface area (Å²) in [5.74, 6) is 0.0206. The molecule has 23 heavy (non-hydrogen) atoms. The number of hydrogen-bond donors (Lipinski definition) is 1. The normalized spacial score (nSPS) is 15.5. The molecule has 0 atom stereocenters. The molecule has 1 amide bonds. The van der Waals surface area contributed by atoms with Crippen LogP contribution in [0.15, 0.2) is 34.9 Å². The van der Waals surface area contributed by atoms with Crippen molar-refractivity contribution in [3.8, 4) is 0 Å². The molecule has 1 aromatic carbocycles. The molecule has 0 spiro atoms. The van der Waals surface area contributed by atoms with Gasteiger partial charge in [0, 0.05) is 19.2 Å². The maximum atomic E-state index is 11.9. The lowest BCUT2D eigenvalue weighted by Crippen LogP contribution is -2.29. The first-order valence-corrected chi connectivity index (χ1v) is 8.22. The molecule has 1 aromatic heterocycles. The van der Waals surface area contributed by atoms with Crippen molar-refractivity contribution in [2.45, 2.75) is 39.3 Å². The molecule has 1 fully saturated rings. The van der Waals surface area contributed by atoms with Crippen molar-refractivity contribution in [2.24, 2.45) is 0 Å². The van der Waals surface area contributed by atoms with Crippen LogP contribution in [0.2, 0.25) is 0 Å². The van der Waals surface area contributed by atoms with E-state index in [-0.39, 0.29) is 11.7 Å². The molecule has 122 valence electrons. The summed E-state index contributed by atoms with van der Waals surface area (Å²) in [5, 5.41) is 6.57. The lowest BCUT2D eigenvalue weighted by atomic mass is 10.1. The maximum Gasteiger partial charge on any atom is 0.290 e. The van der Waals surface area contributed by atoms with Crippen LogP contribution < -0.4 is 5.32 Å². The average Bonchev–Trinajstić information content (AvgIpc) is 3.01. The molecule has 1 aliphatic rings. The SMILES string of the molecule is Cc1cc(C(=O)NCc2ccc(CN3CCCCC3)cc2)on1. The lowest BCUT2D eigenvalue weighted by molar-refractivity contribution is 0.0914. The molecular formula is C18H23N3O2. The van der Waals surface area contributed by atoms with E-state index >= 15 is 0 Å². The first-order valence-electron chi connectivity index (χ1n) is 8.22. The number of rotatable bonds is 5. The van der Waals surface area contributed by atoms with Crippen LogP contribution in [-0.4, -0.2) is 29.1 Å². The van der Waals surface area contributed by atoms with Crippen molar-refractivity contribution < 1.29 is 9.32 Å². The van der Waals surface area contributed by atoms with Crippen molar-refractivity contribution in [3.63, 3.8) is 0 Å². The minimum atomic E-state index is -0.233. The number of likely N-dealkylation sites (tertiary alicyclic amines) is 1. The zero-order chi connectivity index (χ0) is 16.1. The molecular weight excluding hydrogens is 290 g/mol. The van der Waals surface area contributed by atoms with Crippen LogP contribution in [-0.2, 0) is 13.1 Å². The Balaban J connectivity index is 1.50. The zero-order valence-corrected chi connectivity index (χ0v) is 13.5. The Morgan fingerprint density at radius 1 is 1.17 bits per heavy atom. The first-order chi connectivity index (χ1) is 11.2. The summed E-state index contributed by atoms with van der Waals surface area (Å²) in [6, 6.07) is 10.1. The van der Waals surface area contributed by atoms with Crippen molar-refractivity contribution in [3.05, 3.63) is 52.9 Å².